The van der Waals surface area contributed by atoms with E-state index in [0.717, 1.165) is 42.3 Å². The van der Waals surface area contributed by atoms with E-state index in [0.29, 0.717) is 36.0 Å². The molecule has 2 aromatic rings. The molecule has 0 aliphatic carbocycles. The molecule has 2 heterocycles. The fraction of sp³-hybridized carbons (Fsp3) is 0.606. The maximum absolute atomic E-state index is 10.9. The number of aliphatic hydroxyl groups excluding tert-OH is 1. The topological polar surface area (TPSA) is 226 Å². The molecule has 0 saturated carbocycles. The molecule has 302 valence electrons. The quantitative estimate of drug-likeness (QED) is 0.0387. The Morgan fingerprint density at radius 1 is 0.824 bits per heavy atom. The van der Waals surface area contributed by atoms with Crippen LogP contribution in [0.15, 0.2) is 36.4 Å². The third kappa shape index (κ3) is 23.7. The van der Waals surface area contributed by atoms with Gasteiger partial charge in [-0.3, -0.25) is 14.3 Å². The predicted molar refractivity (Wildman–Crippen MR) is 196 cm³/mol. The molecule has 2 saturated heterocycles. The zero-order valence-corrected chi connectivity index (χ0v) is 33.1. The Hall–Kier alpha value is -2.46. The molecular formula is C33H62ClN6O9PdS-. The molecule has 0 spiro atoms. The maximum atomic E-state index is 10.9. The fourth-order valence-electron chi connectivity index (χ4n) is 5.22. The Morgan fingerprint density at radius 3 is 1.55 bits per heavy atom. The first-order valence-corrected chi connectivity index (χ1v) is 17.1. The van der Waals surface area contributed by atoms with Crippen LogP contribution in [0.2, 0.25) is 0 Å². The minimum absolute atomic E-state index is 0. The summed E-state index contributed by atoms with van der Waals surface area (Å²) in [4.78, 5) is 10.5. The normalized spacial score (nSPS) is 15.2. The third-order valence-electron chi connectivity index (χ3n) is 7.99. The maximum Gasteiger partial charge on any atom is 0.311 e. The largest absolute Gasteiger partial charge is 1.00 e. The number of nitro benzene ring substituents is 1. The molecule has 0 unspecified atom stereocenters. The van der Waals surface area contributed by atoms with Crippen LogP contribution in [0.25, 0.3) is 0 Å². The number of benzene rings is 2. The zero-order valence-electron chi connectivity index (χ0n) is 30.0. The monoisotopic (exact) mass is 859 g/mol. The van der Waals surface area contributed by atoms with E-state index in [1.807, 2.05) is 0 Å². The van der Waals surface area contributed by atoms with Crippen molar-refractivity contribution in [1.29, 1.82) is 0 Å². The molecule has 18 heteroatoms. The van der Waals surface area contributed by atoms with Crippen LogP contribution in [0, 0.1) is 17.5 Å². The van der Waals surface area contributed by atoms with E-state index in [-0.39, 0.29) is 65.7 Å². The van der Waals surface area contributed by atoms with Gasteiger partial charge in [0.15, 0.2) is 5.75 Å². The van der Waals surface area contributed by atoms with Gasteiger partial charge in [0.2, 0.25) is 10.4 Å². The molecule has 0 atom stereocenters. The summed E-state index contributed by atoms with van der Waals surface area (Å²) in [5.74, 6) is 0.970. The predicted octanol–water partition coefficient (Wildman–Crippen LogP) is 1.23. The number of piperidine rings is 2. The van der Waals surface area contributed by atoms with Crippen molar-refractivity contribution in [1.82, 2.24) is 0 Å². The van der Waals surface area contributed by atoms with E-state index in [4.69, 9.17) is 31.8 Å². The molecule has 0 aromatic heterocycles. The molecule has 2 fully saturated rings. The minimum Gasteiger partial charge on any atom is -1.00 e. The second-order valence-corrected chi connectivity index (χ2v) is 13.2. The standard InChI is InChI=1S/C14H22N3O3.C14H24N3O.C2H6O.CH4O4S.CH4.CH3.ClH.Pd/c1-17(7-3-2-4-8-17)9-10-20-14-11-12(15)5-6-13(14)16(18)19;1-17(7-3-2-4-8-17)9-10-18-14-11-12(15)5-6-13(14)16;1-2-3;1-5-6(2,3)4;;;;/h5-6,11H,2-4,7-10,15H2,1H3;5-6,11H,2-4,7-10,15-16H2,1H3;3H,2H2,1H3;1H3,(H,2,3,4);1H4;1H3;1H;/q2*+1;;;;-1;;/p-2. The number of hydrogen-bond donors (Lipinski definition) is 4. The van der Waals surface area contributed by atoms with Crippen LogP contribution in [0.4, 0.5) is 22.7 Å². The number of nitro groups is 1. The van der Waals surface area contributed by atoms with Crippen molar-refractivity contribution < 1.29 is 78.5 Å². The molecule has 4 rings (SSSR count). The number of nitrogen functional groups attached to an aromatic ring is 3. The molecule has 0 amide bonds. The summed E-state index contributed by atoms with van der Waals surface area (Å²) in [5.41, 5.74) is 19.0. The number of rotatable bonds is 10. The first-order chi connectivity index (χ1) is 22.1. The van der Waals surface area contributed by atoms with Crippen LogP contribution >= 0.6 is 0 Å². The number of likely N-dealkylation sites (tertiary alicyclic amines) is 2. The van der Waals surface area contributed by atoms with Crippen LogP contribution < -0.4 is 39.1 Å². The molecule has 2 aliphatic rings. The number of nitrogens with two attached hydrogens (primary N) is 3. The molecule has 0 radical (unpaired) electrons. The molecule has 2 aliphatic heterocycles. The zero-order chi connectivity index (χ0) is 35.5. The molecule has 15 nitrogen and oxygen atoms in total. The van der Waals surface area contributed by atoms with Crippen LogP contribution in [0.3, 0.4) is 0 Å². The molecule has 0 bridgehead atoms. The smallest absolute Gasteiger partial charge is 0.311 e. The fourth-order valence-corrected chi connectivity index (χ4v) is 5.22. The first kappa shape index (κ1) is 55.3. The number of hydrogen-bond acceptors (Lipinski definition) is 12. The van der Waals surface area contributed by atoms with E-state index >= 15 is 0 Å². The average molecular weight is 861 g/mol. The van der Waals surface area contributed by atoms with E-state index in [9.17, 15) is 23.1 Å². The summed E-state index contributed by atoms with van der Waals surface area (Å²) in [6, 6.07) is 9.81. The summed E-state index contributed by atoms with van der Waals surface area (Å²) in [5, 5.41) is 18.5. The number of anilines is 3. The van der Waals surface area contributed by atoms with Crippen molar-refractivity contribution in [3.63, 3.8) is 0 Å². The van der Waals surface area contributed by atoms with Gasteiger partial charge in [-0.2, -0.15) is 0 Å². The number of quaternary nitrogens is 2. The van der Waals surface area contributed by atoms with E-state index < -0.39 is 15.3 Å². The van der Waals surface area contributed by atoms with Crippen molar-refractivity contribution in [2.75, 3.05) is 97.5 Å². The summed E-state index contributed by atoms with van der Waals surface area (Å²) >= 11 is 0. The summed E-state index contributed by atoms with van der Waals surface area (Å²) in [7, 11) is 0.925. The van der Waals surface area contributed by atoms with Crippen molar-refractivity contribution in [3.05, 3.63) is 53.9 Å². The van der Waals surface area contributed by atoms with Gasteiger partial charge in [0, 0.05) is 56.6 Å². The average Bonchev–Trinajstić information content (AvgIpc) is 3.00. The Balaban J connectivity index is -0.000000330. The van der Waals surface area contributed by atoms with Gasteiger partial charge in [0.1, 0.15) is 32.1 Å². The third-order valence-corrected chi connectivity index (χ3v) is 8.40. The Morgan fingerprint density at radius 2 is 1.18 bits per heavy atom. The van der Waals surface area contributed by atoms with Gasteiger partial charge < -0.3 is 65.1 Å². The van der Waals surface area contributed by atoms with Gasteiger partial charge >= 0.3 is 5.69 Å². The van der Waals surface area contributed by atoms with Crippen molar-refractivity contribution in [2.24, 2.45) is 0 Å². The number of ether oxygens (including phenoxy) is 2. The number of nitrogens with zero attached hydrogens (tertiary/aromatic N) is 3. The summed E-state index contributed by atoms with van der Waals surface area (Å²) in [6.45, 7) is 9.83. The molecule has 2 aromatic carbocycles. The van der Waals surface area contributed by atoms with Crippen LogP contribution in [-0.4, -0.2) is 112 Å². The SMILES string of the molecule is C.CCO.COS(=O)(=O)[O-].C[N+]1(CCOc2cc(N)ccc2N)CCCCC1.C[N+]1(CCOc2cc(N)ccc2[N+](=O)[O-])CCCCC1.[CH3-].[Cl-].[Pd]. The minimum atomic E-state index is -4.41. The summed E-state index contributed by atoms with van der Waals surface area (Å²) in [6.07, 6.45) is 7.82. The Labute approximate surface area is 326 Å². The Kier molecular flexibility index (Phi) is 30.5. The van der Waals surface area contributed by atoms with Gasteiger partial charge in [-0.15, -0.1) is 0 Å². The van der Waals surface area contributed by atoms with Gasteiger partial charge in [0.25, 0.3) is 0 Å². The van der Waals surface area contributed by atoms with Crippen LogP contribution in [0.1, 0.15) is 52.9 Å². The Bertz CT molecular complexity index is 1330. The number of halogens is 1. The van der Waals surface area contributed by atoms with Crippen molar-refractivity contribution in [3.8, 4) is 11.5 Å². The van der Waals surface area contributed by atoms with Gasteiger partial charge in [0.05, 0.1) is 58.0 Å². The van der Waals surface area contributed by atoms with Gasteiger partial charge in [-0.25, -0.2) is 8.42 Å². The van der Waals surface area contributed by atoms with E-state index in [1.165, 1.54) is 69.8 Å². The number of aliphatic hydroxyl groups is 1. The van der Waals surface area contributed by atoms with E-state index in [1.54, 1.807) is 25.1 Å². The second kappa shape index (κ2) is 28.1. The van der Waals surface area contributed by atoms with Crippen molar-refractivity contribution in [2.45, 2.75) is 52.9 Å². The molecule has 7 N–H and O–H groups in total. The molecular weight excluding hydrogens is 798 g/mol. The van der Waals surface area contributed by atoms with Crippen molar-refractivity contribution >= 4 is 33.1 Å². The van der Waals surface area contributed by atoms with Gasteiger partial charge in [-0.05, 0) is 63.6 Å². The number of likely N-dealkylation sites (N-methyl/N-ethyl adjacent to an activating group) is 2. The van der Waals surface area contributed by atoms with E-state index in [2.05, 4.69) is 18.3 Å². The summed E-state index contributed by atoms with van der Waals surface area (Å²) < 4.78 is 44.5. The van der Waals surface area contributed by atoms with Gasteiger partial charge in [-0.1, -0.05) is 7.43 Å². The first-order valence-electron chi connectivity index (χ1n) is 15.8. The molecule has 51 heavy (non-hydrogen) atoms. The van der Waals surface area contributed by atoms with Crippen LogP contribution in [0.5, 0.6) is 11.5 Å². The second-order valence-electron chi connectivity index (χ2n) is 12.1. The van der Waals surface area contributed by atoms with Crippen LogP contribution in [-0.2, 0) is 35.0 Å².